The van der Waals surface area contributed by atoms with Crippen molar-refractivity contribution < 1.29 is 22.4 Å². The van der Waals surface area contributed by atoms with Crippen LogP contribution in [0.3, 0.4) is 0 Å². The van der Waals surface area contributed by atoms with Crippen molar-refractivity contribution in [3.63, 3.8) is 0 Å². The van der Waals surface area contributed by atoms with Crippen LogP contribution in [0.15, 0.2) is 64.2 Å². The lowest BCUT2D eigenvalue weighted by Gasteiger charge is -2.22. The normalized spacial score (nSPS) is 14.4. The Bertz CT molecular complexity index is 931. The number of thiophene rings is 1. The van der Waals surface area contributed by atoms with Gasteiger partial charge in [-0.15, -0.1) is 11.3 Å². The van der Waals surface area contributed by atoms with Crippen LogP contribution in [-0.4, -0.2) is 25.9 Å². The summed E-state index contributed by atoms with van der Waals surface area (Å²) < 4.78 is 35.1. The molecule has 1 atom stereocenters. The largest absolute Gasteiger partial charge is 0.487 e. The highest BCUT2D eigenvalue weighted by Gasteiger charge is 2.31. The van der Waals surface area contributed by atoms with E-state index in [1.54, 1.807) is 17.5 Å². The summed E-state index contributed by atoms with van der Waals surface area (Å²) in [4.78, 5) is -0.0167. The van der Waals surface area contributed by atoms with E-state index >= 15 is 0 Å². The minimum absolute atomic E-state index is 0.0167. The Morgan fingerprint density at radius 2 is 1.88 bits per heavy atom. The molecule has 126 valence electrons. The van der Waals surface area contributed by atoms with Gasteiger partial charge < -0.3 is 9.84 Å². The van der Waals surface area contributed by atoms with Gasteiger partial charge in [-0.1, -0.05) is 30.3 Å². The first kappa shape index (κ1) is 16.9. The van der Waals surface area contributed by atoms with E-state index in [0.717, 1.165) is 10.8 Å². The smallest absolute Gasteiger partial charge is 0.299 e. The molecule has 3 aromatic rings. The molecule has 0 bridgehead atoms. The maximum Gasteiger partial charge on any atom is 0.299 e. The van der Waals surface area contributed by atoms with Gasteiger partial charge in [-0.25, -0.2) is 4.18 Å². The minimum atomic E-state index is -4.13. The molecule has 0 spiro atoms. The molecule has 0 fully saturated rings. The zero-order valence-electron chi connectivity index (χ0n) is 12.9. The van der Waals surface area contributed by atoms with Gasteiger partial charge >= 0.3 is 0 Å². The summed E-state index contributed by atoms with van der Waals surface area (Å²) in [5.74, 6) is -1.43. The van der Waals surface area contributed by atoms with E-state index < -0.39 is 15.9 Å². The van der Waals surface area contributed by atoms with Gasteiger partial charge in [0.1, 0.15) is 12.4 Å². The Morgan fingerprint density at radius 1 is 1.12 bits per heavy atom. The van der Waals surface area contributed by atoms with Gasteiger partial charge in [0, 0.05) is 5.38 Å². The van der Waals surface area contributed by atoms with E-state index in [1.807, 2.05) is 29.6 Å². The Labute approximate surface area is 144 Å². The van der Waals surface area contributed by atoms with Crippen molar-refractivity contribution in [1.82, 2.24) is 0 Å². The van der Waals surface area contributed by atoms with E-state index in [9.17, 15) is 13.5 Å². The predicted molar refractivity (Wildman–Crippen MR) is 92.7 cm³/mol. The molecular weight excluding hydrogens is 348 g/mol. The molecule has 0 saturated carbocycles. The Balaban J connectivity index is 1.78. The molecule has 0 aliphatic heterocycles. The van der Waals surface area contributed by atoms with E-state index in [4.69, 9.17) is 8.92 Å². The Morgan fingerprint density at radius 3 is 2.58 bits per heavy atom. The third-order valence-corrected chi connectivity index (χ3v) is 5.37. The van der Waals surface area contributed by atoms with Gasteiger partial charge in [0.25, 0.3) is 10.1 Å². The number of benzene rings is 2. The molecule has 0 aliphatic carbocycles. The van der Waals surface area contributed by atoms with Crippen molar-refractivity contribution in [2.24, 2.45) is 0 Å². The van der Waals surface area contributed by atoms with E-state index in [-0.39, 0.29) is 11.5 Å². The molecule has 0 unspecified atom stereocenters. The average molecular weight is 364 g/mol. The number of rotatable bonds is 6. The molecule has 0 radical (unpaired) electrons. The fourth-order valence-corrected chi connectivity index (χ4v) is 3.88. The van der Waals surface area contributed by atoms with Crippen LogP contribution in [0.25, 0.3) is 10.8 Å². The van der Waals surface area contributed by atoms with Crippen LogP contribution < -0.4 is 4.74 Å². The van der Waals surface area contributed by atoms with E-state index in [2.05, 4.69) is 0 Å². The van der Waals surface area contributed by atoms with Crippen molar-refractivity contribution in [2.75, 3.05) is 6.61 Å². The zero-order chi connectivity index (χ0) is 17.2. The average Bonchev–Trinajstić information content (AvgIpc) is 3.05. The summed E-state index contributed by atoms with van der Waals surface area (Å²) in [6.07, 6.45) is 0. The number of hydrogen-bond donors (Lipinski definition) is 1. The van der Waals surface area contributed by atoms with Gasteiger partial charge in [-0.05, 0) is 41.3 Å². The number of hydrogen-bond acceptors (Lipinski definition) is 6. The predicted octanol–water partition coefficient (Wildman–Crippen LogP) is 3.39. The Hall–Kier alpha value is -1.93. The van der Waals surface area contributed by atoms with Crippen LogP contribution in [0.5, 0.6) is 5.75 Å². The van der Waals surface area contributed by atoms with Crippen molar-refractivity contribution >= 4 is 32.2 Å². The second-order valence-corrected chi connectivity index (χ2v) is 7.80. The van der Waals surface area contributed by atoms with Crippen molar-refractivity contribution in [1.29, 1.82) is 0 Å². The first-order valence-electron chi connectivity index (χ1n) is 7.18. The summed E-state index contributed by atoms with van der Waals surface area (Å²) >= 11 is 1.44. The first-order chi connectivity index (χ1) is 11.4. The quantitative estimate of drug-likeness (QED) is 0.536. The molecule has 24 heavy (non-hydrogen) atoms. The zero-order valence-corrected chi connectivity index (χ0v) is 14.5. The van der Waals surface area contributed by atoms with Crippen molar-refractivity contribution in [3.8, 4) is 5.75 Å². The lowest BCUT2D eigenvalue weighted by molar-refractivity contribution is -0.140. The highest BCUT2D eigenvalue weighted by atomic mass is 32.2. The summed E-state index contributed by atoms with van der Waals surface area (Å²) in [6, 6.07) is 13.8. The van der Waals surface area contributed by atoms with Gasteiger partial charge in [0.2, 0.25) is 5.79 Å². The topological polar surface area (TPSA) is 72.8 Å². The third-order valence-electron chi connectivity index (χ3n) is 3.30. The molecule has 0 saturated heterocycles. The van der Waals surface area contributed by atoms with Gasteiger partial charge in [-0.2, -0.15) is 8.42 Å². The fourth-order valence-electron chi connectivity index (χ4n) is 2.18. The monoisotopic (exact) mass is 364 g/mol. The van der Waals surface area contributed by atoms with Gasteiger partial charge in [-0.3, -0.25) is 0 Å². The van der Waals surface area contributed by atoms with Crippen molar-refractivity contribution in [3.05, 3.63) is 59.3 Å². The number of fused-ring (bicyclic) bond motifs is 1. The van der Waals surface area contributed by atoms with Crippen molar-refractivity contribution in [2.45, 2.75) is 17.6 Å². The molecule has 1 heterocycles. The molecule has 1 N–H and O–H groups in total. The van der Waals surface area contributed by atoms with Crippen LogP contribution in [0, 0.1) is 0 Å². The molecule has 2 aromatic carbocycles. The standard InChI is InChI=1S/C17H16O5S2/c1-17(18,12-21-15-8-9-23-11-15)22-24(19,20)16-7-6-13-4-2-3-5-14(13)10-16/h2-11,18H,12H2,1H3/t17-/m0/s1. The number of ether oxygens (including phenoxy) is 1. The maximum absolute atomic E-state index is 12.4. The number of aliphatic hydroxyl groups is 1. The summed E-state index contributed by atoms with van der Waals surface area (Å²) in [5.41, 5.74) is 0. The summed E-state index contributed by atoms with van der Waals surface area (Å²) in [7, 11) is -4.13. The fraction of sp³-hybridized carbons (Fsp3) is 0.176. The van der Waals surface area contributed by atoms with Crippen LogP contribution in [0.2, 0.25) is 0 Å². The minimum Gasteiger partial charge on any atom is -0.487 e. The van der Waals surface area contributed by atoms with E-state index in [0.29, 0.717) is 5.75 Å². The maximum atomic E-state index is 12.4. The lowest BCUT2D eigenvalue weighted by atomic mass is 10.1. The van der Waals surface area contributed by atoms with E-state index in [1.165, 1.54) is 30.4 Å². The SMILES string of the molecule is C[C@@](O)(COc1ccsc1)OS(=O)(=O)c1ccc2ccccc2c1. The van der Waals surface area contributed by atoms with Crippen LogP contribution >= 0.6 is 11.3 Å². The highest BCUT2D eigenvalue weighted by Crippen LogP contribution is 2.24. The summed E-state index contributed by atoms with van der Waals surface area (Å²) in [6.45, 7) is 0.939. The lowest BCUT2D eigenvalue weighted by Crippen LogP contribution is -2.37. The highest BCUT2D eigenvalue weighted by molar-refractivity contribution is 7.86. The molecule has 5 nitrogen and oxygen atoms in total. The molecule has 0 amide bonds. The van der Waals surface area contributed by atoms with Gasteiger partial charge in [0.15, 0.2) is 0 Å². The van der Waals surface area contributed by atoms with Crippen LogP contribution in [-0.2, 0) is 14.3 Å². The third kappa shape index (κ3) is 3.93. The molecule has 0 aliphatic rings. The second kappa shape index (κ2) is 6.52. The molecule has 3 rings (SSSR count). The Kier molecular flexibility index (Phi) is 4.60. The second-order valence-electron chi connectivity index (χ2n) is 5.47. The summed E-state index contributed by atoms with van der Waals surface area (Å²) in [5, 5.41) is 15.5. The van der Waals surface area contributed by atoms with Crippen LogP contribution in [0.4, 0.5) is 0 Å². The van der Waals surface area contributed by atoms with Crippen LogP contribution in [0.1, 0.15) is 6.92 Å². The molecule has 7 heteroatoms. The van der Waals surface area contributed by atoms with Gasteiger partial charge in [0.05, 0.1) is 4.90 Å². The first-order valence-corrected chi connectivity index (χ1v) is 9.53. The molecular formula is C17H16O5S2. The molecule has 1 aromatic heterocycles.